The van der Waals surface area contributed by atoms with E-state index < -0.39 is 0 Å². The van der Waals surface area contributed by atoms with Crippen LogP contribution in [0, 0.1) is 12.7 Å². The van der Waals surface area contributed by atoms with Crippen LogP contribution in [0.25, 0.3) is 0 Å². The first-order chi connectivity index (χ1) is 8.06. The van der Waals surface area contributed by atoms with Crippen LogP contribution >= 0.6 is 0 Å². The van der Waals surface area contributed by atoms with Crippen molar-refractivity contribution in [2.24, 2.45) is 7.05 Å². The van der Waals surface area contributed by atoms with E-state index in [2.05, 4.69) is 10.4 Å². The second-order valence-electron chi connectivity index (χ2n) is 4.25. The largest absolute Gasteiger partial charge is 0.362 e. The van der Waals surface area contributed by atoms with Gasteiger partial charge in [-0.05, 0) is 31.0 Å². The van der Waals surface area contributed by atoms with Gasteiger partial charge in [-0.15, -0.1) is 0 Å². The minimum Gasteiger partial charge on any atom is -0.362 e. The summed E-state index contributed by atoms with van der Waals surface area (Å²) in [5.74, 6) is 0.623. The molecule has 0 aliphatic heterocycles. The average molecular weight is 233 g/mol. The third-order valence-electron chi connectivity index (χ3n) is 2.77. The van der Waals surface area contributed by atoms with Crippen molar-refractivity contribution in [2.45, 2.75) is 19.9 Å². The van der Waals surface area contributed by atoms with Gasteiger partial charge in [0, 0.05) is 19.3 Å². The number of hydrogen-bond acceptors (Lipinski definition) is 2. The summed E-state index contributed by atoms with van der Waals surface area (Å²) in [5.41, 5.74) is 1.58. The van der Waals surface area contributed by atoms with E-state index >= 15 is 0 Å². The Morgan fingerprint density at radius 3 is 2.71 bits per heavy atom. The van der Waals surface area contributed by atoms with Crippen LogP contribution in [-0.4, -0.2) is 9.78 Å². The molecule has 1 atom stereocenters. The van der Waals surface area contributed by atoms with Crippen molar-refractivity contribution < 1.29 is 4.39 Å². The highest BCUT2D eigenvalue weighted by Crippen LogP contribution is 2.19. The number of benzene rings is 1. The lowest BCUT2D eigenvalue weighted by Crippen LogP contribution is -2.08. The molecule has 0 radical (unpaired) electrons. The first-order valence-corrected chi connectivity index (χ1v) is 5.58. The molecule has 3 nitrogen and oxygen atoms in total. The zero-order chi connectivity index (χ0) is 12.4. The monoisotopic (exact) mass is 233 g/mol. The van der Waals surface area contributed by atoms with E-state index in [0.29, 0.717) is 5.56 Å². The fraction of sp³-hybridized carbons (Fsp3) is 0.308. The lowest BCUT2D eigenvalue weighted by molar-refractivity contribution is 0.614. The molecule has 1 unspecified atom stereocenters. The Morgan fingerprint density at radius 1 is 1.35 bits per heavy atom. The summed E-state index contributed by atoms with van der Waals surface area (Å²) >= 11 is 0. The van der Waals surface area contributed by atoms with Crippen LogP contribution < -0.4 is 5.32 Å². The zero-order valence-corrected chi connectivity index (χ0v) is 10.2. The normalized spacial score (nSPS) is 12.5. The van der Waals surface area contributed by atoms with Crippen LogP contribution in [0.4, 0.5) is 10.2 Å². The summed E-state index contributed by atoms with van der Waals surface area (Å²) in [6.45, 7) is 3.74. The quantitative estimate of drug-likeness (QED) is 0.883. The summed E-state index contributed by atoms with van der Waals surface area (Å²) < 4.78 is 15.2. The van der Waals surface area contributed by atoms with Crippen LogP contribution in [-0.2, 0) is 7.05 Å². The van der Waals surface area contributed by atoms with Gasteiger partial charge >= 0.3 is 0 Å². The summed E-state index contributed by atoms with van der Waals surface area (Å²) in [4.78, 5) is 0. The minimum atomic E-state index is -0.169. The van der Waals surface area contributed by atoms with Gasteiger partial charge in [0.2, 0.25) is 0 Å². The molecule has 1 aromatic carbocycles. The molecule has 90 valence electrons. The lowest BCUT2D eigenvalue weighted by atomic mass is 10.1. The van der Waals surface area contributed by atoms with E-state index in [9.17, 15) is 4.39 Å². The summed E-state index contributed by atoms with van der Waals surface area (Å²) in [7, 11) is 1.86. The van der Waals surface area contributed by atoms with Crippen molar-refractivity contribution in [3.63, 3.8) is 0 Å². The van der Waals surface area contributed by atoms with Gasteiger partial charge in [-0.3, -0.25) is 4.68 Å². The molecular weight excluding hydrogens is 217 g/mol. The summed E-state index contributed by atoms with van der Waals surface area (Å²) in [6, 6.07) is 7.21. The summed E-state index contributed by atoms with van der Waals surface area (Å²) in [5, 5.41) is 7.46. The molecular formula is C13H16FN3. The second kappa shape index (κ2) is 4.57. The summed E-state index contributed by atoms with van der Waals surface area (Å²) in [6.07, 6.45) is 1.87. The smallest absolute Gasteiger partial charge is 0.148 e. The first kappa shape index (κ1) is 11.6. The molecule has 0 saturated carbocycles. The average Bonchev–Trinajstić information content (AvgIpc) is 2.68. The highest BCUT2D eigenvalue weighted by Gasteiger charge is 2.08. The molecule has 17 heavy (non-hydrogen) atoms. The number of hydrogen-bond donors (Lipinski definition) is 1. The Hall–Kier alpha value is -1.84. The highest BCUT2D eigenvalue weighted by atomic mass is 19.1. The van der Waals surface area contributed by atoms with Gasteiger partial charge in [0.1, 0.15) is 11.6 Å². The zero-order valence-electron chi connectivity index (χ0n) is 10.2. The molecule has 0 fully saturated rings. The van der Waals surface area contributed by atoms with E-state index in [1.54, 1.807) is 23.7 Å². The Labute approximate surface area is 100 Å². The number of anilines is 1. The van der Waals surface area contributed by atoms with E-state index in [1.165, 1.54) is 0 Å². The second-order valence-corrected chi connectivity index (χ2v) is 4.25. The maximum absolute atomic E-state index is 13.4. The number of rotatable bonds is 3. The predicted molar refractivity (Wildman–Crippen MR) is 66.4 cm³/mol. The van der Waals surface area contributed by atoms with Gasteiger partial charge in [-0.1, -0.05) is 12.1 Å². The lowest BCUT2D eigenvalue weighted by Gasteiger charge is -2.14. The van der Waals surface area contributed by atoms with Gasteiger partial charge in [0.05, 0.1) is 6.04 Å². The SMILES string of the molecule is Cc1ccc(C(C)Nc2ccn(C)n2)cc1F. The van der Waals surface area contributed by atoms with Crippen molar-refractivity contribution >= 4 is 5.82 Å². The van der Waals surface area contributed by atoms with Gasteiger partial charge < -0.3 is 5.32 Å². The Bertz CT molecular complexity index is 519. The Balaban J connectivity index is 2.14. The molecule has 0 amide bonds. The molecule has 1 N–H and O–H groups in total. The van der Waals surface area contributed by atoms with Crippen molar-refractivity contribution in [1.29, 1.82) is 0 Å². The van der Waals surface area contributed by atoms with E-state index in [0.717, 1.165) is 11.4 Å². The minimum absolute atomic E-state index is 0.0278. The van der Waals surface area contributed by atoms with Crippen LogP contribution in [0.2, 0.25) is 0 Å². The van der Waals surface area contributed by atoms with Gasteiger partial charge in [-0.2, -0.15) is 5.10 Å². The van der Waals surface area contributed by atoms with Crippen LogP contribution in [0.1, 0.15) is 24.1 Å². The Kier molecular flexibility index (Phi) is 3.13. The third-order valence-corrected chi connectivity index (χ3v) is 2.77. The van der Waals surface area contributed by atoms with E-state index in [1.807, 2.05) is 32.3 Å². The number of aromatic nitrogens is 2. The fourth-order valence-electron chi connectivity index (χ4n) is 1.68. The topological polar surface area (TPSA) is 29.9 Å². The highest BCUT2D eigenvalue weighted by molar-refractivity contribution is 5.37. The Morgan fingerprint density at radius 2 is 2.12 bits per heavy atom. The predicted octanol–water partition coefficient (Wildman–Crippen LogP) is 3.04. The number of nitrogens with one attached hydrogen (secondary N) is 1. The van der Waals surface area contributed by atoms with Gasteiger partial charge in [0.15, 0.2) is 0 Å². The molecule has 0 spiro atoms. The molecule has 0 saturated heterocycles. The van der Waals surface area contributed by atoms with Crippen molar-refractivity contribution in [2.75, 3.05) is 5.32 Å². The number of nitrogens with zero attached hydrogens (tertiary/aromatic N) is 2. The molecule has 0 bridgehead atoms. The van der Waals surface area contributed by atoms with Crippen LogP contribution in [0.5, 0.6) is 0 Å². The molecule has 1 heterocycles. The number of halogens is 1. The van der Waals surface area contributed by atoms with E-state index in [4.69, 9.17) is 0 Å². The third kappa shape index (κ3) is 2.64. The van der Waals surface area contributed by atoms with Crippen molar-refractivity contribution in [1.82, 2.24) is 9.78 Å². The standard InChI is InChI=1S/C13H16FN3/c1-9-4-5-11(8-12(9)14)10(2)15-13-6-7-17(3)16-13/h4-8,10H,1-3H3,(H,15,16). The molecule has 1 aromatic heterocycles. The first-order valence-electron chi connectivity index (χ1n) is 5.58. The molecule has 0 aliphatic carbocycles. The molecule has 2 aromatic rings. The molecule has 4 heteroatoms. The maximum Gasteiger partial charge on any atom is 0.148 e. The maximum atomic E-state index is 13.4. The van der Waals surface area contributed by atoms with Crippen LogP contribution in [0.3, 0.4) is 0 Å². The molecule has 2 rings (SSSR count). The van der Waals surface area contributed by atoms with E-state index in [-0.39, 0.29) is 11.9 Å². The van der Waals surface area contributed by atoms with Crippen molar-refractivity contribution in [3.8, 4) is 0 Å². The van der Waals surface area contributed by atoms with Crippen molar-refractivity contribution in [3.05, 3.63) is 47.4 Å². The number of aryl methyl sites for hydroxylation is 2. The van der Waals surface area contributed by atoms with Gasteiger partial charge in [0.25, 0.3) is 0 Å². The molecule has 0 aliphatic rings. The fourth-order valence-corrected chi connectivity index (χ4v) is 1.68. The van der Waals surface area contributed by atoms with Crippen LogP contribution in [0.15, 0.2) is 30.5 Å². The van der Waals surface area contributed by atoms with Gasteiger partial charge in [-0.25, -0.2) is 4.39 Å².